The number of nitrogens with zero attached hydrogens (tertiary/aromatic N) is 2. The number of para-hydroxylation sites is 1. The van der Waals surface area contributed by atoms with Crippen molar-refractivity contribution in [2.75, 3.05) is 26.8 Å². The Kier molecular flexibility index (Phi) is 6.69. The smallest absolute Gasteiger partial charge is 0.311 e. The first-order valence-electron chi connectivity index (χ1n) is 11.1. The summed E-state index contributed by atoms with van der Waals surface area (Å²) in [6, 6.07) is 8.06. The van der Waals surface area contributed by atoms with Crippen LogP contribution in [0, 0.1) is 41.6 Å². The number of nitriles is 1. The van der Waals surface area contributed by atoms with Crippen molar-refractivity contribution in [3.05, 3.63) is 35.5 Å². The quantitative estimate of drug-likeness (QED) is 0.437. The van der Waals surface area contributed by atoms with E-state index in [4.69, 9.17) is 15.9 Å². The first kappa shape index (κ1) is 22.2. The lowest BCUT2D eigenvalue weighted by Gasteiger charge is -2.42. The number of hydrogen-bond donors (Lipinski definition) is 2. The van der Waals surface area contributed by atoms with Crippen molar-refractivity contribution < 1.29 is 19.4 Å². The van der Waals surface area contributed by atoms with Crippen LogP contribution in [-0.4, -0.2) is 53.9 Å². The zero-order valence-electron chi connectivity index (χ0n) is 18.3. The molecule has 2 aliphatic rings. The maximum Gasteiger partial charge on any atom is 0.311 e. The Labute approximate surface area is 188 Å². The molecule has 1 aliphatic heterocycles. The standard InChI is InChI=1S/C25H29N3O4/c1-3-12-32-22-13-19-16(8-9-21(29)23(19)25(30)31-2)14-28(15-26)11-10-18-17-6-4-5-7-20(17)27-24(18)22/h1,4-7,16,19,21-23,27,29H,8-14H2,2H3/t16-,19-,21-,22-,23+/m0/s1. The van der Waals surface area contributed by atoms with Crippen LogP contribution in [0.25, 0.3) is 10.9 Å². The Hall–Kier alpha value is -3.00. The molecule has 7 nitrogen and oxygen atoms in total. The Morgan fingerprint density at radius 3 is 2.94 bits per heavy atom. The molecule has 7 heteroatoms. The van der Waals surface area contributed by atoms with Crippen molar-refractivity contribution >= 4 is 16.9 Å². The number of rotatable bonds is 3. The highest BCUT2D eigenvalue weighted by Gasteiger charge is 2.45. The molecule has 0 radical (unpaired) electrons. The normalized spacial score (nSPS) is 28.1. The molecule has 4 rings (SSSR count). The van der Waals surface area contributed by atoms with Crippen LogP contribution in [0.2, 0.25) is 0 Å². The molecule has 32 heavy (non-hydrogen) atoms. The minimum atomic E-state index is -0.780. The predicted octanol–water partition coefficient (Wildman–Crippen LogP) is 2.76. The molecule has 2 N–H and O–H groups in total. The summed E-state index contributed by atoms with van der Waals surface area (Å²) >= 11 is 0. The summed E-state index contributed by atoms with van der Waals surface area (Å²) in [5, 5.41) is 21.6. The molecule has 1 saturated carbocycles. The van der Waals surface area contributed by atoms with Crippen molar-refractivity contribution in [2.45, 2.75) is 37.9 Å². The molecule has 0 amide bonds. The van der Waals surface area contributed by atoms with E-state index in [9.17, 15) is 15.2 Å². The lowest BCUT2D eigenvalue weighted by atomic mass is 9.67. The van der Waals surface area contributed by atoms with E-state index >= 15 is 0 Å². The van der Waals surface area contributed by atoms with Gasteiger partial charge in [-0.05, 0) is 49.1 Å². The molecule has 2 aromatic rings. The topological polar surface area (TPSA) is 98.6 Å². The Balaban J connectivity index is 1.82. The van der Waals surface area contributed by atoms with E-state index in [0.717, 1.165) is 28.6 Å². The van der Waals surface area contributed by atoms with Gasteiger partial charge in [0.1, 0.15) is 6.61 Å². The summed E-state index contributed by atoms with van der Waals surface area (Å²) in [4.78, 5) is 18.0. The van der Waals surface area contributed by atoms with Crippen molar-refractivity contribution in [3.8, 4) is 18.5 Å². The zero-order chi connectivity index (χ0) is 22.7. The van der Waals surface area contributed by atoms with E-state index in [1.807, 2.05) is 18.2 Å². The molecule has 1 aromatic heterocycles. The number of ether oxygens (including phenoxy) is 2. The van der Waals surface area contributed by atoms with Crippen LogP contribution in [0.4, 0.5) is 0 Å². The second-order valence-corrected chi connectivity index (χ2v) is 8.72. The number of aromatic amines is 1. The number of carbonyl (C=O) groups is 1. The Morgan fingerprint density at radius 2 is 2.19 bits per heavy atom. The van der Waals surface area contributed by atoms with Gasteiger partial charge in [0, 0.05) is 29.7 Å². The van der Waals surface area contributed by atoms with Gasteiger partial charge in [-0.15, -0.1) is 6.42 Å². The summed E-state index contributed by atoms with van der Waals surface area (Å²) in [6.07, 6.45) is 9.15. The number of nitrogens with one attached hydrogen (secondary N) is 1. The number of esters is 1. The van der Waals surface area contributed by atoms with E-state index < -0.39 is 18.0 Å². The first-order chi connectivity index (χ1) is 15.6. The van der Waals surface area contributed by atoms with Gasteiger partial charge < -0.3 is 24.5 Å². The second-order valence-electron chi connectivity index (χ2n) is 8.72. The highest BCUT2D eigenvalue weighted by molar-refractivity contribution is 5.84. The van der Waals surface area contributed by atoms with Gasteiger partial charge in [0.2, 0.25) is 0 Å². The number of methoxy groups -OCH3 is 1. The van der Waals surface area contributed by atoms with Crippen molar-refractivity contribution in [1.82, 2.24) is 9.88 Å². The minimum Gasteiger partial charge on any atom is -0.469 e. The molecule has 0 bridgehead atoms. The molecular formula is C25H29N3O4. The van der Waals surface area contributed by atoms with Crippen LogP contribution in [0.3, 0.4) is 0 Å². The number of aliphatic hydroxyl groups is 1. The van der Waals surface area contributed by atoms with Crippen LogP contribution < -0.4 is 0 Å². The fraction of sp³-hybridized carbons (Fsp3) is 0.520. The third-order valence-electron chi connectivity index (χ3n) is 7.04. The van der Waals surface area contributed by atoms with E-state index in [2.05, 4.69) is 23.2 Å². The number of fused-ring (bicyclic) bond motifs is 4. The van der Waals surface area contributed by atoms with E-state index in [1.165, 1.54) is 7.11 Å². The van der Waals surface area contributed by atoms with Crippen molar-refractivity contribution in [2.24, 2.45) is 17.8 Å². The van der Waals surface area contributed by atoms with Crippen LogP contribution >= 0.6 is 0 Å². The molecule has 168 valence electrons. The zero-order valence-corrected chi connectivity index (χ0v) is 18.3. The molecular weight excluding hydrogens is 406 g/mol. The third-order valence-corrected chi connectivity index (χ3v) is 7.04. The van der Waals surface area contributed by atoms with Crippen molar-refractivity contribution in [3.63, 3.8) is 0 Å². The highest BCUT2D eigenvalue weighted by atomic mass is 16.5. The number of aromatic nitrogens is 1. The number of benzene rings is 1. The lowest BCUT2D eigenvalue weighted by molar-refractivity contribution is -0.158. The van der Waals surface area contributed by atoms with Gasteiger partial charge in [-0.3, -0.25) is 4.79 Å². The van der Waals surface area contributed by atoms with Crippen LogP contribution in [0.5, 0.6) is 0 Å². The fourth-order valence-corrected chi connectivity index (χ4v) is 5.53. The molecule has 2 heterocycles. The van der Waals surface area contributed by atoms with Gasteiger partial charge in [0.05, 0.1) is 25.2 Å². The summed E-state index contributed by atoms with van der Waals surface area (Å²) in [7, 11) is 1.35. The fourth-order valence-electron chi connectivity index (χ4n) is 5.53. The number of H-pyrrole nitrogens is 1. The van der Waals surface area contributed by atoms with Crippen molar-refractivity contribution in [1.29, 1.82) is 5.26 Å². The summed E-state index contributed by atoms with van der Waals surface area (Å²) in [5.41, 5.74) is 3.04. The Morgan fingerprint density at radius 1 is 1.38 bits per heavy atom. The van der Waals surface area contributed by atoms with Gasteiger partial charge in [-0.25, -0.2) is 0 Å². The second kappa shape index (κ2) is 9.65. The average molecular weight is 436 g/mol. The maximum absolute atomic E-state index is 12.7. The van der Waals surface area contributed by atoms with Gasteiger partial charge in [0.25, 0.3) is 0 Å². The predicted molar refractivity (Wildman–Crippen MR) is 119 cm³/mol. The molecule has 1 aromatic carbocycles. The molecule has 0 unspecified atom stereocenters. The van der Waals surface area contributed by atoms with Crippen LogP contribution in [0.15, 0.2) is 24.3 Å². The molecule has 1 aliphatic carbocycles. The monoisotopic (exact) mass is 435 g/mol. The summed E-state index contributed by atoms with van der Waals surface area (Å²) in [5.74, 6) is 1.33. The van der Waals surface area contributed by atoms with E-state index in [0.29, 0.717) is 32.4 Å². The van der Waals surface area contributed by atoms with Gasteiger partial charge in [0.15, 0.2) is 6.19 Å². The maximum atomic E-state index is 12.7. The summed E-state index contributed by atoms with van der Waals surface area (Å²) < 4.78 is 11.2. The number of aliphatic hydroxyl groups excluding tert-OH is 1. The Bertz CT molecular complexity index is 1050. The first-order valence-corrected chi connectivity index (χ1v) is 11.1. The highest BCUT2D eigenvalue weighted by Crippen LogP contribution is 2.44. The van der Waals surface area contributed by atoms with Crippen LogP contribution in [0.1, 0.15) is 36.6 Å². The average Bonchev–Trinajstić information content (AvgIpc) is 3.18. The van der Waals surface area contributed by atoms with Gasteiger partial charge in [-0.1, -0.05) is 24.1 Å². The number of carbonyl (C=O) groups excluding carboxylic acids is 1. The minimum absolute atomic E-state index is 0.0602. The number of terminal acetylenes is 1. The third kappa shape index (κ3) is 4.19. The summed E-state index contributed by atoms with van der Waals surface area (Å²) in [6.45, 7) is 1.26. The SMILES string of the molecule is C#CCO[C@H]1C[C@H]2[C@@H](CC[C@H](O)[C@@H]2C(=O)OC)CN(C#N)CCc2c1[nH]c1ccccc21. The largest absolute Gasteiger partial charge is 0.469 e. The lowest BCUT2D eigenvalue weighted by Crippen LogP contribution is -2.47. The van der Waals surface area contributed by atoms with Gasteiger partial charge >= 0.3 is 5.97 Å². The molecule has 1 fully saturated rings. The van der Waals surface area contributed by atoms with E-state index in [1.54, 1.807) is 4.90 Å². The molecule has 0 spiro atoms. The van der Waals surface area contributed by atoms with Crippen LogP contribution in [-0.2, 0) is 20.7 Å². The number of hydrogen-bond acceptors (Lipinski definition) is 6. The molecule has 0 saturated heterocycles. The molecule has 5 atom stereocenters. The van der Waals surface area contributed by atoms with Gasteiger partial charge in [-0.2, -0.15) is 5.26 Å². The van der Waals surface area contributed by atoms with E-state index in [-0.39, 0.29) is 24.5 Å².